The number of para-hydroxylation sites is 1. The van der Waals surface area contributed by atoms with E-state index in [4.69, 9.17) is 0 Å². The zero-order valence-corrected chi connectivity index (χ0v) is 17.5. The summed E-state index contributed by atoms with van der Waals surface area (Å²) in [5, 5.41) is 2.30. The Labute approximate surface area is 176 Å². The van der Waals surface area contributed by atoms with Gasteiger partial charge in [-0.2, -0.15) is 0 Å². The van der Waals surface area contributed by atoms with Crippen LogP contribution in [0, 0.1) is 13.8 Å². The van der Waals surface area contributed by atoms with Gasteiger partial charge in [-0.25, -0.2) is 0 Å². The van der Waals surface area contributed by atoms with Crippen molar-refractivity contribution in [2.24, 2.45) is 0 Å². The number of H-pyrrole nitrogens is 1. The van der Waals surface area contributed by atoms with Crippen LogP contribution in [-0.4, -0.2) is 51.9 Å². The highest BCUT2D eigenvalue weighted by Crippen LogP contribution is 2.23. The van der Waals surface area contributed by atoms with E-state index in [9.17, 15) is 4.79 Å². The van der Waals surface area contributed by atoms with Gasteiger partial charge in [0.2, 0.25) is 0 Å². The third kappa shape index (κ3) is 3.46. The van der Waals surface area contributed by atoms with E-state index in [2.05, 4.69) is 65.1 Å². The average Bonchev–Trinajstić information content (AvgIpc) is 3.18. The monoisotopic (exact) mass is 398 g/mol. The lowest BCUT2D eigenvalue weighted by atomic mass is 10.1. The number of carbonyl (C=O) groups excluding carboxylic acids is 1. The number of rotatable bonds is 3. The van der Waals surface area contributed by atoms with Crippen molar-refractivity contribution in [2.75, 3.05) is 26.2 Å². The summed E-state index contributed by atoms with van der Waals surface area (Å²) in [7, 11) is 0. The van der Waals surface area contributed by atoms with E-state index in [1.54, 1.807) is 0 Å². The standard InChI is InChI=1S/C25H26N4O/c1-17-13-18(2)21-15-23(27-22(21)14-17)25(30)29-11-9-28(10-12-29)16-20-6-3-5-19-7-4-8-26-24(19)20/h3-8,13-15,27H,9-12,16H2,1-2H3. The zero-order chi connectivity index (χ0) is 20.7. The number of hydrogen-bond acceptors (Lipinski definition) is 3. The van der Waals surface area contributed by atoms with Gasteiger partial charge in [0.15, 0.2) is 0 Å². The number of carbonyl (C=O) groups is 1. The Balaban J connectivity index is 1.28. The second-order valence-corrected chi connectivity index (χ2v) is 8.29. The Morgan fingerprint density at radius 2 is 1.83 bits per heavy atom. The van der Waals surface area contributed by atoms with Crippen molar-refractivity contribution in [1.29, 1.82) is 0 Å². The van der Waals surface area contributed by atoms with Crippen LogP contribution in [0.25, 0.3) is 21.8 Å². The maximum absolute atomic E-state index is 13.1. The van der Waals surface area contributed by atoms with Gasteiger partial charge in [0, 0.05) is 55.2 Å². The number of piperazine rings is 1. The smallest absolute Gasteiger partial charge is 0.270 e. The lowest BCUT2D eigenvalue weighted by Gasteiger charge is -2.34. The third-order valence-electron chi connectivity index (χ3n) is 6.09. The normalized spacial score (nSPS) is 15.2. The van der Waals surface area contributed by atoms with Gasteiger partial charge in [0.25, 0.3) is 5.91 Å². The number of aromatic amines is 1. The summed E-state index contributed by atoms with van der Waals surface area (Å²) < 4.78 is 0. The van der Waals surface area contributed by atoms with Crippen molar-refractivity contribution >= 4 is 27.7 Å². The van der Waals surface area contributed by atoms with Crippen LogP contribution in [0.3, 0.4) is 0 Å². The molecule has 1 aliphatic rings. The molecule has 0 radical (unpaired) electrons. The molecule has 1 N–H and O–H groups in total. The van der Waals surface area contributed by atoms with Crippen molar-refractivity contribution in [3.63, 3.8) is 0 Å². The summed E-state index contributed by atoms with van der Waals surface area (Å²) in [4.78, 5) is 25.3. The van der Waals surface area contributed by atoms with Crippen LogP contribution < -0.4 is 0 Å². The number of nitrogens with zero attached hydrogens (tertiary/aromatic N) is 3. The topological polar surface area (TPSA) is 52.2 Å². The number of nitrogens with one attached hydrogen (secondary N) is 1. The molecule has 2 aromatic heterocycles. The molecule has 5 nitrogen and oxygen atoms in total. The first-order valence-electron chi connectivity index (χ1n) is 10.5. The Morgan fingerprint density at radius 1 is 1.03 bits per heavy atom. The number of amides is 1. The third-order valence-corrected chi connectivity index (χ3v) is 6.09. The highest BCUT2D eigenvalue weighted by Gasteiger charge is 2.24. The van der Waals surface area contributed by atoms with E-state index in [1.807, 2.05) is 23.2 Å². The summed E-state index contributed by atoms with van der Waals surface area (Å²) in [6.45, 7) is 8.26. The molecule has 0 aliphatic carbocycles. The first-order chi connectivity index (χ1) is 14.6. The quantitative estimate of drug-likeness (QED) is 0.560. The van der Waals surface area contributed by atoms with Crippen LogP contribution in [0.1, 0.15) is 27.2 Å². The number of fused-ring (bicyclic) bond motifs is 2. The molecule has 3 heterocycles. The maximum Gasteiger partial charge on any atom is 0.270 e. The SMILES string of the molecule is Cc1cc(C)c2cc(C(=O)N3CCN(Cc4cccc5cccnc45)CC3)[nH]c2c1. The number of aromatic nitrogens is 2. The van der Waals surface area contributed by atoms with Crippen LogP contribution in [-0.2, 0) is 6.54 Å². The minimum atomic E-state index is 0.0923. The molecule has 0 spiro atoms. The minimum absolute atomic E-state index is 0.0923. The molecule has 5 heteroatoms. The van der Waals surface area contributed by atoms with E-state index in [0.717, 1.165) is 49.1 Å². The zero-order valence-electron chi connectivity index (χ0n) is 17.5. The fraction of sp³-hybridized carbons (Fsp3) is 0.280. The molecule has 1 amide bonds. The molecule has 4 aromatic rings. The first-order valence-corrected chi connectivity index (χ1v) is 10.5. The van der Waals surface area contributed by atoms with Gasteiger partial charge in [-0.15, -0.1) is 0 Å². The fourth-order valence-electron chi connectivity index (χ4n) is 4.53. The number of hydrogen-bond donors (Lipinski definition) is 1. The summed E-state index contributed by atoms with van der Waals surface area (Å²) in [5.41, 5.74) is 6.45. The predicted molar refractivity (Wildman–Crippen MR) is 121 cm³/mol. The molecule has 0 atom stereocenters. The lowest BCUT2D eigenvalue weighted by Crippen LogP contribution is -2.48. The molecule has 152 valence electrons. The highest BCUT2D eigenvalue weighted by atomic mass is 16.2. The van der Waals surface area contributed by atoms with Crippen LogP contribution in [0.2, 0.25) is 0 Å². The van der Waals surface area contributed by atoms with Crippen LogP contribution in [0.5, 0.6) is 0 Å². The van der Waals surface area contributed by atoms with Gasteiger partial charge in [0.1, 0.15) is 5.69 Å². The van der Waals surface area contributed by atoms with Crippen molar-refractivity contribution in [2.45, 2.75) is 20.4 Å². The lowest BCUT2D eigenvalue weighted by molar-refractivity contribution is 0.0624. The van der Waals surface area contributed by atoms with Gasteiger partial charge in [-0.3, -0.25) is 14.7 Å². The van der Waals surface area contributed by atoms with E-state index < -0.39 is 0 Å². The molecule has 5 rings (SSSR count). The molecular formula is C25H26N4O. The van der Waals surface area contributed by atoms with Crippen molar-refractivity contribution in [3.8, 4) is 0 Å². The maximum atomic E-state index is 13.1. The summed E-state index contributed by atoms with van der Waals surface area (Å²) in [6.07, 6.45) is 1.85. The van der Waals surface area contributed by atoms with Crippen LogP contribution >= 0.6 is 0 Å². The molecule has 1 saturated heterocycles. The van der Waals surface area contributed by atoms with E-state index in [0.29, 0.717) is 5.69 Å². The highest BCUT2D eigenvalue weighted by molar-refractivity contribution is 5.99. The second-order valence-electron chi connectivity index (χ2n) is 8.29. The van der Waals surface area contributed by atoms with Crippen molar-refractivity contribution in [3.05, 3.63) is 77.1 Å². The molecular weight excluding hydrogens is 372 g/mol. The van der Waals surface area contributed by atoms with Crippen LogP contribution in [0.15, 0.2) is 54.7 Å². The van der Waals surface area contributed by atoms with E-state index in [1.165, 1.54) is 22.1 Å². The number of aryl methyl sites for hydroxylation is 2. The summed E-state index contributed by atoms with van der Waals surface area (Å²) >= 11 is 0. The second kappa shape index (κ2) is 7.58. The minimum Gasteiger partial charge on any atom is -0.351 e. The number of benzene rings is 2. The molecule has 0 saturated carbocycles. The Bertz CT molecular complexity index is 1230. The number of pyridine rings is 1. The van der Waals surface area contributed by atoms with Gasteiger partial charge in [-0.05, 0) is 48.7 Å². The average molecular weight is 399 g/mol. The van der Waals surface area contributed by atoms with Crippen LogP contribution in [0.4, 0.5) is 0 Å². The first kappa shape index (κ1) is 18.8. The predicted octanol–water partition coefficient (Wildman–Crippen LogP) is 4.29. The van der Waals surface area contributed by atoms with E-state index >= 15 is 0 Å². The Hall–Kier alpha value is -3.18. The molecule has 0 bridgehead atoms. The largest absolute Gasteiger partial charge is 0.351 e. The molecule has 1 fully saturated rings. The van der Waals surface area contributed by atoms with Crippen molar-refractivity contribution in [1.82, 2.24) is 19.8 Å². The summed E-state index contributed by atoms with van der Waals surface area (Å²) in [6, 6.07) is 16.7. The molecule has 2 aromatic carbocycles. The summed E-state index contributed by atoms with van der Waals surface area (Å²) in [5.74, 6) is 0.0923. The fourth-order valence-corrected chi connectivity index (χ4v) is 4.53. The Kier molecular flexibility index (Phi) is 4.75. The van der Waals surface area contributed by atoms with Crippen molar-refractivity contribution < 1.29 is 4.79 Å². The van der Waals surface area contributed by atoms with Gasteiger partial charge >= 0.3 is 0 Å². The van der Waals surface area contributed by atoms with Gasteiger partial charge in [-0.1, -0.05) is 30.3 Å². The molecule has 1 aliphatic heterocycles. The van der Waals surface area contributed by atoms with Gasteiger partial charge in [0.05, 0.1) is 5.52 Å². The Morgan fingerprint density at radius 3 is 2.67 bits per heavy atom. The molecule has 0 unspecified atom stereocenters. The van der Waals surface area contributed by atoms with Gasteiger partial charge < -0.3 is 9.88 Å². The molecule has 30 heavy (non-hydrogen) atoms. The van der Waals surface area contributed by atoms with E-state index in [-0.39, 0.29) is 5.91 Å².